The van der Waals surface area contributed by atoms with Gasteiger partial charge in [-0.15, -0.1) is 0 Å². The standard InChI is InChI=1S/C17H15FN2O3S/c1-20-13-7-4-10(18)8-15(13)24-17(20)19-16(21)12-6-5-11(22-2)9-14(12)23-3/h4-9H,1-3H3. The summed E-state index contributed by atoms with van der Waals surface area (Å²) >= 11 is 1.25. The Morgan fingerprint density at radius 1 is 1.17 bits per heavy atom. The molecule has 0 bridgehead atoms. The highest BCUT2D eigenvalue weighted by atomic mass is 32.1. The first-order valence-corrected chi connectivity index (χ1v) is 7.91. The maximum Gasteiger partial charge on any atom is 0.283 e. The molecule has 24 heavy (non-hydrogen) atoms. The number of amides is 1. The molecule has 3 aromatic rings. The van der Waals surface area contributed by atoms with Crippen LogP contribution in [-0.4, -0.2) is 24.7 Å². The van der Waals surface area contributed by atoms with Crippen LogP contribution in [0.4, 0.5) is 4.39 Å². The van der Waals surface area contributed by atoms with Gasteiger partial charge in [0, 0.05) is 13.1 Å². The predicted octanol–water partition coefficient (Wildman–Crippen LogP) is 3.14. The van der Waals surface area contributed by atoms with Gasteiger partial charge in [-0.05, 0) is 30.3 Å². The molecular formula is C17H15FN2O3S. The highest BCUT2D eigenvalue weighted by Crippen LogP contribution is 2.25. The van der Waals surface area contributed by atoms with Gasteiger partial charge in [0.05, 0.1) is 30.0 Å². The second-order valence-corrected chi connectivity index (χ2v) is 6.05. The summed E-state index contributed by atoms with van der Waals surface area (Å²) in [4.78, 5) is 17.2. The molecule has 124 valence electrons. The second kappa shape index (κ2) is 6.45. The van der Waals surface area contributed by atoms with Crippen molar-refractivity contribution in [2.75, 3.05) is 14.2 Å². The van der Waals surface area contributed by atoms with Crippen LogP contribution in [0.5, 0.6) is 11.5 Å². The van der Waals surface area contributed by atoms with Gasteiger partial charge >= 0.3 is 0 Å². The molecule has 1 aromatic heterocycles. The summed E-state index contributed by atoms with van der Waals surface area (Å²) in [6.07, 6.45) is 0. The third-order valence-electron chi connectivity index (χ3n) is 3.61. The fourth-order valence-corrected chi connectivity index (χ4v) is 3.38. The topological polar surface area (TPSA) is 52.8 Å². The number of aryl methyl sites for hydroxylation is 1. The molecule has 0 aliphatic rings. The number of thiazole rings is 1. The number of carbonyl (C=O) groups excluding carboxylic acids is 1. The van der Waals surface area contributed by atoms with Gasteiger partial charge in [0.2, 0.25) is 0 Å². The Bertz CT molecular complexity index is 991. The summed E-state index contributed by atoms with van der Waals surface area (Å²) in [7, 11) is 4.80. The van der Waals surface area contributed by atoms with Gasteiger partial charge in [-0.2, -0.15) is 4.99 Å². The number of rotatable bonds is 3. The van der Waals surface area contributed by atoms with Crippen molar-refractivity contribution in [1.29, 1.82) is 0 Å². The molecule has 1 heterocycles. The zero-order valence-corrected chi connectivity index (χ0v) is 14.2. The van der Waals surface area contributed by atoms with Crippen molar-refractivity contribution in [3.05, 3.63) is 52.6 Å². The first-order valence-electron chi connectivity index (χ1n) is 7.09. The summed E-state index contributed by atoms with van der Waals surface area (Å²) in [6, 6.07) is 9.38. The lowest BCUT2D eigenvalue weighted by atomic mass is 10.2. The number of nitrogens with zero attached hydrogens (tertiary/aromatic N) is 2. The van der Waals surface area contributed by atoms with E-state index in [2.05, 4.69) is 4.99 Å². The fourth-order valence-electron chi connectivity index (χ4n) is 2.34. The van der Waals surface area contributed by atoms with Crippen LogP contribution >= 0.6 is 11.3 Å². The van der Waals surface area contributed by atoms with E-state index in [1.54, 1.807) is 35.9 Å². The molecule has 3 rings (SSSR count). The van der Waals surface area contributed by atoms with E-state index in [-0.39, 0.29) is 5.82 Å². The molecule has 0 saturated carbocycles. The lowest BCUT2D eigenvalue weighted by Gasteiger charge is -2.07. The molecule has 1 amide bonds. The third-order valence-corrected chi connectivity index (χ3v) is 4.70. The minimum absolute atomic E-state index is 0.320. The van der Waals surface area contributed by atoms with Crippen LogP contribution in [0.15, 0.2) is 41.4 Å². The quantitative estimate of drug-likeness (QED) is 0.732. The van der Waals surface area contributed by atoms with E-state index in [1.165, 1.54) is 37.7 Å². The first kappa shape index (κ1) is 16.2. The molecule has 0 N–H and O–H groups in total. The van der Waals surface area contributed by atoms with Gasteiger partial charge in [-0.25, -0.2) is 4.39 Å². The van der Waals surface area contributed by atoms with Gasteiger partial charge in [0.1, 0.15) is 17.3 Å². The zero-order valence-electron chi connectivity index (χ0n) is 13.4. The van der Waals surface area contributed by atoms with Crippen molar-refractivity contribution in [3.8, 4) is 11.5 Å². The summed E-state index contributed by atoms with van der Waals surface area (Å²) in [5.41, 5.74) is 1.15. The molecule has 0 fully saturated rings. The van der Waals surface area contributed by atoms with Crippen LogP contribution in [0.1, 0.15) is 10.4 Å². The van der Waals surface area contributed by atoms with Crippen molar-refractivity contribution in [3.63, 3.8) is 0 Å². The average Bonchev–Trinajstić information content (AvgIpc) is 2.89. The third kappa shape index (κ3) is 2.90. The number of methoxy groups -OCH3 is 2. The Morgan fingerprint density at radius 3 is 2.67 bits per heavy atom. The van der Waals surface area contributed by atoms with Gasteiger partial charge in [0.15, 0.2) is 4.80 Å². The second-order valence-electron chi connectivity index (χ2n) is 5.04. The Balaban J connectivity index is 2.09. The van der Waals surface area contributed by atoms with E-state index in [1.807, 2.05) is 0 Å². The molecule has 7 heteroatoms. The van der Waals surface area contributed by atoms with Crippen molar-refractivity contribution in [1.82, 2.24) is 4.57 Å². The Hall–Kier alpha value is -2.67. The number of aromatic nitrogens is 1. The molecule has 2 aromatic carbocycles. The van der Waals surface area contributed by atoms with E-state index < -0.39 is 5.91 Å². The number of fused-ring (bicyclic) bond motifs is 1. The highest BCUT2D eigenvalue weighted by molar-refractivity contribution is 7.16. The van der Waals surface area contributed by atoms with Crippen molar-refractivity contribution in [2.24, 2.45) is 12.0 Å². The van der Waals surface area contributed by atoms with E-state index in [0.717, 1.165) is 10.2 Å². The van der Waals surface area contributed by atoms with Crippen LogP contribution in [0.3, 0.4) is 0 Å². The van der Waals surface area contributed by atoms with Crippen molar-refractivity contribution >= 4 is 27.5 Å². The van der Waals surface area contributed by atoms with Gasteiger partial charge in [-0.3, -0.25) is 4.79 Å². The van der Waals surface area contributed by atoms with Crippen LogP contribution < -0.4 is 14.3 Å². The normalized spacial score (nSPS) is 11.8. The Morgan fingerprint density at radius 2 is 1.96 bits per heavy atom. The minimum Gasteiger partial charge on any atom is -0.497 e. The van der Waals surface area contributed by atoms with E-state index in [0.29, 0.717) is 21.9 Å². The van der Waals surface area contributed by atoms with Crippen LogP contribution in [0.2, 0.25) is 0 Å². The number of hydrogen-bond donors (Lipinski definition) is 0. The molecule has 0 atom stereocenters. The van der Waals surface area contributed by atoms with Crippen LogP contribution in [0.25, 0.3) is 10.2 Å². The number of hydrogen-bond acceptors (Lipinski definition) is 4. The summed E-state index contributed by atoms with van der Waals surface area (Å²) in [5.74, 6) is 0.223. The van der Waals surface area contributed by atoms with Gasteiger partial charge in [-0.1, -0.05) is 11.3 Å². The van der Waals surface area contributed by atoms with Crippen molar-refractivity contribution in [2.45, 2.75) is 0 Å². The largest absolute Gasteiger partial charge is 0.497 e. The monoisotopic (exact) mass is 346 g/mol. The molecule has 0 aliphatic carbocycles. The summed E-state index contributed by atoms with van der Waals surface area (Å²) in [5, 5.41) is 0. The number of benzene rings is 2. The van der Waals surface area contributed by atoms with Gasteiger partial charge in [0.25, 0.3) is 5.91 Å². The van der Waals surface area contributed by atoms with E-state index in [4.69, 9.17) is 9.47 Å². The van der Waals surface area contributed by atoms with Gasteiger partial charge < -0.3 is 14.0 Å². The Kier molecular flexibility index (Phi) is 4.35. The fraction of sp³-hybridized carbons (Fsp3) is 0.176. The smallest absolute Gasteiger partial charge is 0.283 e. The average molecular weight is 346 g/mol. The van der Waals surface area contributed by atoms with Crippen molar-refractivity contribution < 1.29 is 18.7 Å². The lowest BCUT2D eigenvalue weighted by Crippen LogP contribution is -2.13. The maximum atomic E-state index is 13.3. The molecule has 5 nitrogen and oxygen atoms in total. The summed E-state index contributed by atoms with van der Waals surface area (Å²) < 4.78 is 26.2. The predicted molar refractivity (Wildman–Crippen MR) is 90.2 cm³/mol. The molecular weight excluding hydrogens is 331 g/mol. The lowest BCUT2D eigenvalue weighted by molar-refractivity contribution is 0.0995. The van der Waals surface area contributed by atoms with E-state index in [9.17, 15) is 9.18 Å². The minimum atomic E-state index is -0.433. The summed E-state index contributed by atoms with van der Waals surface area (Å²) in [6.45, 7) is 0. The molecule has 0 aliphatic heterocycles. The van der Waals surface area contributed by atoms with Crippen LogP contribution in [-0.2, 0) is 7.05 Å². The molecule has 0 unspecified atom stereocenters. The number of halogens is 1. The SMILES string of the molecule is COc1ccc(C(=O)N=c2sc3cc(F)ccc3n2C)c(OC)c1. The zero-order chi connectivity index (χ0) is 17.3. The Labute approximate surface area is 141 Å². The van der Waals surface area contributed by atoms with E-state index >= 15 is 0 Å². The molecule has 0 radical (unpaired) electrons. The first-order chi connectivity index (χ1) is 11.5. The maximum absolute atomic E-state index is 13.3. The highest BCUT2D eigenvalue weighted by Gasteiger charge is 2.13. The molecule has 0 spiro atoms. The number of carbonyl (C=O) groups is 1. The number of ether oxygens (including phenoxy) is 2. The molecule has 0 saturated heterocycles. The van der Waals surface area contributed by atoms with Crippen LogP contribution in [0, 0.1) is 5.82 Å².